The fourth-order valence-corrected chi connectivity index (χ4v) is 2.20. The molecular weight excluding hydrogens is 294 g/mol. The minimum Gasteiger partial charge on any atom is -0.383 e. The number of aromatic nitrogens is 1. The molecular formula is C12H21N5O3S. The van der Waals surface area contributed by atoms with Crippen molar-refractivity contribution in [1.29, 1.82) is 0 Å². The Kier molecular flexibility index (Phi) is 6.89. The number of carbonyl (C=O) groups is 2. The molecule has 1 heterocycles. The summed E-state index contributed by atoms with van der Waals surface area (Å²) in [6.45, 7) is 3.49. The van der Waals surface area contributed by atoms with E-state index in [9.17, 15) is 9.59 Å². The molecule has 0 saturated heterocycles. The van der Waals surface area contributed by atoms with E-state index < -0.39 is 5.91 Å². The SMILES string of the molecule is CCN(C)C(=O)CNC(=O)c1sc(NCCOC)nc1N. The van der Waals surface area contributed by atoms with Crippen LogP contribution in [0.1, 0.15) is 16.6 Å². The zero-order valence-corrected chi connectivity index (χ0v) is 13.2. The van der Waals surface area contributed by atoms with E-state index in [0.29, 0.717) is 29.7 Å². The highest BCUT2D eigenvalue weighted by Gasteiger charge is 2.17. The number of nitrogens with zero attached hydrogens (tertiary/aromatic N) is 2. The number of hydrogen-bond donors (Lipinski definition) is 3. The van der Waals surface area contributed by atoms with Crippen LogP contribution in [0.4, 0.5) is 10.9 Å². The highest BCUT2D eigenvalue weighted by Crippen LogP contribution is 2.24. The van der Waals surface area contributed by atoms with Gasteiger partial charge in [-0.1, -0.05) is 11.3 Å². The van der Waals surface area contributed by atoms with E-state index in [0.717, 1.165) is 11.3 Å². The minimum absolute atomic E-state index is 0.0625. The molecule has 1 aromatic heterocycles. The molecule has 8 nitrogen and oxygen atoms in total. The summed E-state index contributed by atoms with van der Waals surface area (Å²) < 4.78 is 4.91. The van der Waals surface area contributed by atoms with E-state index in [1.807, 2.05) is 6.92 Å². The Bertz CT molecular complexity index is 491. The Balaban J connectivity index is 2.56. The van der Waals surface area contributed by atoms with Crippen molar-refractivity contribution in [3.05, 3.63) is 4.88 Å². The number of hydrogen-bond acceptors (Lipinski definition) is 7. The van der Waals surface area contributed by atoms with Crippen molar-refractivity contribution in [2.45, 2.75) is 6.92 Å². The van der Waals surface area contributed by atoms with Crippen LogP contribution >= 0.6 is 11.3 Å². The van der Waals surface area contributed by atoms with E-state index >= 15 is 0 Å². The summed E-state index contributed by atoms with van der Waals surface area (Å²) >= 11 is 1.14. The third-order valence-corrected chi connectivity index (χ3v) is 3.77. The van der Waals surface area contributed by atoms with Gasteiger partial charge in [0.05, 0.1) is 13.2 Å². The predicted molar refractivity (Wildman–Crippen MR) is 82.5 cm³/mol. The third kappa shape index (κ3) is 5.20. The van der Waals surface area contributed by atoms with Gasteiger partial charge < -0.3 is 26.0 Å². The number of likely N-dealkylation sites (N-methyl/N-ethyl adjacent to an activating group) is 1. The monoisotopic (exact) mass is 315 g/mol. The fraction of sp³-hybridized carbons (Fsp3) is 0.583. The van der Waals surface area contributed by atoms with Crippen LogP contribution in [0.2, 0.25) is 0 Å². The minimum atomic E-state index is -0.400. The van der Waals surface area contributed by atoms with E-state index in [2.05, 4.69) is 15.6 Å². The van der Waals surface area contributed by atoms with Crippen molar-refractivity contribution in [2.75, 3.05) is 51.4 Å². The molecule has 4 N–H and O–H groups in total. The number of ether oxygens (including phenoxy) is 1. The van der Waals surface area contributed by atoms with Gasteiger partial charge in [0.15, 0.2) is 5.13 Å². The molecule has 0 atom stereocenters. The summed E-state index contributed by atoms with van der Waals surface area (Å²) in [7, 11) is 3.27. The summed E-state index contributed by atoms with van der Waals surface area (Å²) in [5.74, 6) is -0.413. The summed E-state index contributed by atoms with van der Waals surface area (Å²) in [5.41, 5.74) is 5.71. The first-order chi connectivity index (χ1) is 9.99. The first-order valence-electron chi connectivity index (χ1n) is 6.50. The van der Waals surface area contributed by atoms with Crippen LogP contribution in [0.25, 0.3) is 0 Å². The molecule has 0 fully saturated rings. The molecule has 0 unspecified atom stereocenters. The zero-order chi connectivity index (χ0) is 15.8. The van der Waals surface area contributed by atoms with Crippen molar-refractivity contribution in [3.8, 4) is 0 Å². The maximum Gasteiger partial charge on any atom is 0.265 e. The molecule has 0 bridgehead atoms. The Labute approximate surface area is 127 Å². The van der Waals surface area contributed by atoms with Gasteiger partial charge in [-0.05, 0) is 6.92 Å². The highest BCUT2D eigenvalue weighted by atomic mass is 32.1. The first-order valence-corrected chi connectivity index (χ1v) is 7.32. The molecule has 0 aliphatic rings. The van der Waals surface area contributed by atoms with Crippen LogP contribution in [-0.4, -0.2) is 62.1 Å². The van der Waals surface area contributed by atoms with Crippen molar-refractivity contribution < 1.29 is 14.3 Å². The molecule has 0 aromatic carbocycles. The second-order valence-electron chi connectivity index (χ2n) is 4.24. The van der Waals surface area contributed by atoms with Crippen LogP contribution in [0.15, 0.2) is 0 Å². The highest BCUT2D eigenvalue weighted by molar-refractivity contribution is 7.18. The molecule has 0 aliphatic carbocycles. The number of rotatable bonds is 8. The predicted octanol–water partition coefficient (Wildman–Crippen LogP) is -0.00830. The number of nitrogens with one attached hydrogen (secondary N) is 2. The topological polar surface area (TPSA) is 110 Å². The van der Waals surface area contributed by atoms with Gasteiger partial charge in [-0.15, -0.1) is 0 Å². The summed E-state index contributed by atoms with van der Waals surface area (Å²) in [6, 6.07) is 0. The van der Waals surface area contributed by atoms with Crippen molar-refractivity contribution in [3.63, 3.8) is 0 Å². The van der Waals surface area contributed by atoms with Crippen LogP contribution < -0.4 is 16.4 Å². The number of thiazole rings is 1. The van der Waals surface area contributed by atoms with Gasteiger partial charge in [-0.2, -0.15) is 0 Å². The van der Waals surface area contributed by atoms with Gasteiger partial charge >= 0.3 is 0 Å². The average Bonchev–Trinajstić information content (AvgIpc) is 2.84. The average molecular weight is 315 g/mol. The molecule has 118 valence electrons. The number of anilines is 2. The summed E-state index contributed by atoms with van der Waals surface area (Å²) in [6.07, 6.45) is 0. The van der Waals surface area contributed by atoms with Crippen molar-refractivity contribution in [2.24, 2.45) is 0 Å². The number of carbonyl (C=O) groups excluding carboxylic acids is 2. The Morgan fingerprint density at radius 1 is 1.48 bits per heavy atom. The molecule has 0 spiro atoms. The van der Waals surface area contributed by atoms with Crippen LogP contribution in [0.3, 0.4) is 0 Å². The van der Waals surface area contributed by atoms with E-state index in [4.69, 9.17) is 10.5 Å². The third-order valence-electron chi connectivity index (χ3n) is 2.74. The van der Waals surface area contributed by atoms with Gasteiger partial charge in [-0.3, -0.25) is 9.59 Å². The van der Waals surface area contributed by atoms with Gasteiger partial charge in [-0.25, -0.2) is 4.98 Å². The molecule has 2 amide bonds. The zero-order valence-electron chi connectivity index (χ0n) is 12.4. The molecule has 21 heavy (non-hydrogen) atoms. The molecule has 0 radical (unpaired) electrons. The Hall–Kier alpha value is -1.87. The lowest BCUT2D eigenvalue weighted by Gasteiger charge is -2.14. The van der Waals surface area contributed by atoms with Crippen molar-refractivity contribution in [1.82, 2.24) is 15.2 Å². The van der Waals surface area contributed by atoms with Crippen LogP contribution in [0.5, 0.6) is 0 Å². The molecule has 0 saturated carbocycles. The lowest BCUT2D eigenvalue weighted by molar-refractivity contribution is -0.128. The normalized spacial score (nSPS) is 10.2. The van der Waals surface area contributed by atoms with Gasteiger partial charge in [0.2, 0.25) is 5.91 Å². The smallest absolute Gasteiger partial charge is 0.265 e. The van der Waals surface area contributed by atoms with Gasteiger partial charge in [0, 0.05) is 27.2 Å². The number of methoxy groups -OCH3 is 1. The van der Waals surface area contributed by atoms with Crippen LogP contribution in [0, 0.1) is 0 Å². The first kappa shape index (κ1) is 17.2. The number of nitrogens with two attached hydrogens (primary N) is 1. The lowest BCUT2D eigenvalue weighted by Crippen LogP contribution is -2.37. The second kappa shape index (κ2) is 8.42. The quantitative estimate of drug-likeness (QED) is 0.582. The number of nitrogen functional groups attached to an aromatic ring is 1. The lowest BCUT2D eigenvalue weighted by atomic mass is 10.4. The maximum absolute atomic E-state index is 12.0. The standard InChI is InChI=1S/C12H21N5O3S/c1-4-17(2)8(18)7-15-11(19)9-10(13)16-12(21-9)14-5-6-20-3/h4-7,13H2,1-3H3,(H,14,16)(H,15,19). The van der Waals surface area contributed by atoms with Gasteiger partial charge in [0.1, 0.15) is 10.7 Å². The van der Waals surface area contributed by atoms with Crippen molar-refractivity contribution >= 4 is 34.1 Å². The largest absolute Gasteiger partial charge is 0.383 e. The second-order valence-corrected chi connectivity index (χ2v) is 5.24. The Morgan fingerprint density at radius 3 is 2.81 bits per heavy atom. The molecule has 1 rings (SSSR count). The van der Waals surface area contributed by atoms with E-state index in [1.54, 1.807) is 14.2 Å². The fourth-order valence-electron chi connectivity index (χ4n) is 1.38. The van der Waals surface area contributed by atoms with E-state index in [1.165, 1.54) is 4.90 Å². The molecule has 0 aliphatic heterocycles. The molecule has 1 aromatic rings. The van der Waals surface area contributed by atoms with E-state index in [-0.39, 0.29) is 18.3 Å². The molecule has 9 heteroatoms. The summed E-state index contributed by atoms with van der Waals surface area (Å²) in [5, 5.41) is 6.09. The van der Waals surface area contributed by atoms with Gasteiger partial charge in [0.25, 0.3) is 5.91 Å². The van der Waals surface area contributed by atoms with Crippen LogP contribution in [-0.2, 0) is 9.53 Å². The maximum atomic E-state index is 12.0. The Morgan fingerprint density at radius 2 is 2.19 bits per heavy atom. The summed E-state index contributed by atoms with van der Waals surface area (Å²) in [4.78, 5) is 29.5. The number of amides is 2.